The van der Waals surface area contributed by atoms with Gasteiger partial charge >= 0.3 is 0 Å². The van der Waals surface area contributed by atoms with E-state index in [4.69, 9.17) is 9.47 Å². The number of likely N-dealkylation sites (tertiary alicyclic amines) is 1. The molecule has 7 heteroatoms. The fourth-order valence-corrected chi connectivity index (χ4v) is 5.11. The molecule has 2 N–H and O–H groups in total. The Morgan fingerprint density at radius 3 is 2.30 bits per heavy atom. The maximum absolute atomic E-state index is 13.6. The molecule has 1 amide bonds. The van der Waals surface area contributed by atoms with E-state index < -0.39 is 17.7 Å². The first-order valence-corrected chi connectivity index (χ1v) is 13.6. The Morgan fingerprint density at radius 1 is 0.925 bits per heavy atom. The molecule has 0 radical (unpaired) electrons. The number of carbonyl (C=O) groups is 2. The van der Waals surface area contributed by atoms with Crippen molar-refractivity contribution in [1.82, 2.24) is 4.90 Å². The number of phenols is 1. The predicted molar refractivity (Wildman–Crippen MR) is 155 cm³/mol. The third-order valence-corrected chi connectivity index (χ3v) is 7.19. The van der Waals surface area contributed by atoms with Gasteiger partial charge in [0.15, 0.2) is 11.5 Å². The van der Waals surface area contributed by atoms with Gasteiger partial charge in [0.05, 0.1) is 24.8 Å². The molecule has 4 rings (SSSR count). The van der Waals surface area contributed by atoms with Crippen LogP contribution >= 0.6 is 0 Å². The van der Waals surface area contributed by atoms with Crippen molar-refractivity contribution in [3.8, 4) is 17.2 Å². The van der Waals surface area contributed by atoms with Crippen molar-refractivity contribution >= 4 is 17.4 Å². The van der Waals surface area contributed by atoms with Crippen molar-refractivity contribution in [2.75, 3.05) is 13.2 Å². The highest BCUT2D eigenvalue weighted by Gasteiger charge is 2.46. The third-order valence-electron chi connectivity index (χ3n) is 7.19. The van der Waals surface area contributed by atoms with Crippen LogP contribution in [0.4, 0.5) is 0 Å². The van der Waals surface area contributed by atoms with Gasteiger partial charge in [0.2, 0.25) is 0 Å². The summed E-state index contributed by atoms with van der Waals surface area (Å²) in [5, 5.41) is 22.0. The van der Waals surface area contributed by atoms with Crippen molar-refractivity contribution < 1.29 is 29.3 Å². The fourth-order valence-electron chi connectivity index (χ4n) is 5.11. The predicted octanol–water partition coefficient (Wildman–Crippen LogP) is 6.55. The zero-order chi connectivity index (χ0) is 29.1. The topological polar surface area (TPSA) is 96.3 Å². The lowest BCUT2D eigenvalue weighted by molar-refractivity contribution is -0.140. The zero-order valence-electron chi connectivity index (χ0n) is 23.9. The average Bonchev–Trinajstić information content (AvgIpc) is 3.17. The Bertz CT molecular complexity index is 1470. The Hall–Kier alpha value is -4.26. The molecular weight excluding hydrogens is 506 g/mol. The summed E-state index contributed by atoms with van der Waals surface area (Å²) in [6.45, 7) is 12.7. The Balaban J connectivity index is 1.92. The molecule has 7 nitrogen and oxygen atoms in total. The summed E-state index contributed by atoms with van der Waals surface area (Å²) < 4.78 is 11.4. The number of rotatable bonds is 9. The number of aromatic hydroxyl groups is 1. The minimum absolute atomic E-state index is 0.0117. The lowest BCUT2D eigenvalue weighted by Crippen LogP contribution is -2.29. The van der Waals surface area contributed by atoms with Crippen LogP contribution in [-0.4, -0.2) is 40.0 Å². The molecule has 1 heterocycles. The van der Waals surface area contributed by atoms with Crippen LogP contribution in [0.1, 0.15) is 73.0 Å². The van der Waals surface area contributed by atoms with Crippen molar-refractivity contribution in [3.63, 3.8) is 0 Å². The van der Waals surface area contributed by atoms with Crippen LogP contribution in [0.3, 0.4) is 0 Å². The number of aryl methyl sites for hydroxylation is 2. The maximum atomic E-state index is 13.6. The van der Waals surface area contributed by atoms with Gasteiger partial charge in [-0.15, -0.1) is 0 Å². The highest BCUT2D eigenvalue weighted by atomic mass is 16.5. The number of aliphatic hydroxyl groups is 1. The van der Waals surface area contributed by atoms with Crippen LogP contribution in [0.25, 0.3) is 5.76 Å². The minimum atomic E-state index is -0.895. The molecule has 3 aromatic carbocycles. The number of ether oxygens (including phenoxy) is 2. The van der Waals surface area contributed by atoms with E-state index in [2.05, 4.69) is 0 Å². The third kappa shape index (κ3) is 5.55. The SMILES string of the molecule is CCOc1cc(C2/C(=C(\O)c3ccc(OCC)c(C(C)C)c3)C(=O)C(=O)N2Cc2cc(C)ccc2C)ccc1O. The van der Waals surface area contributed by atoms with E-state index in [0.717, 1.165) is 22.3 Å². The molecule has 40 heavy (non-hydrogen) atoms. The lowest BCUT2D eigenvalue weighted by Gasteiger charge is -2.27. The number of hydrogen-bond donors (Lipinski definition) is 2. The fraction of sp³-hybridized carbons (Fsp3) is 0.333. The first-order chi connectivity index (χ1) is 19.1. The molecular formula is C33H37NO6. The molecule has 1 aliphatic rings. The number of carbonyl (C=O) groups excluding carboxylic acids is 2. The van der Waals surface area contributed by atoms with E-state index in [1.54, 1.807) is 31.2 Å². The van der Waals surface area contributed by atoms with E-state index >= 15 is 0 Å². The number of Topliss-reactive ketones (excluding diaryl/α,β-unsaturated/α-hetero) is 1. The van der Waals surface area contributed by atoms with Crippen LogP contribution in [0.2, 0.25) is 0 Å². The van der Waals surface area contributed by atoms with E-state index in [0.29, 0.717) is 30.1 Å². The molecule has 1 aliphatic heterocycles. The molecule has 0 aromatic heterocycles. The smallest absolute Gasteiger partial charge is 0.295 e. The molecule has 1 unspecified atom stereocenters. The number of amides is 1. The summed E-state index contributed by atoms with van der Waals surface area (Å²) in [5.74, 6) is -0.732. The molecule has 0 bridgehead atoms. The van der Waals surface area contributed by atoms with Crippen LogP contribution in [-0.2, 0) is 16.1 Å². The number of nitrogens with zero attached hydrogens (tertiary/aromatic N) is 1. The van der Waals surface area contributed by atoms with Crippen LogP contribution in [0.5, 0.6) is 17.2 Å². The molecule has 0 spiro atoms. The number of hydrogen-bond acceptors (Lipinski definition) is 6. The van der Waals surface area contributed by atoms with Gasteiger partial charge in [-0.3, -0.25) is 9.59 Å². The van der Waals surface area contributed by atoms with Crippen molar-refractivity contribution in [2.24, 2.45) is 0 Å². The van der Waals surface area contributed by atoms with Gasteiger partial charge in [-0.1, -0.05) is 43.7 Å². The second-order valence-corrected chi connectivity index (χ2v) is 10.4. The maximum Gasteiger partial charge on any atom is 0.295 e. The molecule has 0 aliphatic carbocycles. The number of benzene rings is 3. The molecule has 1 saturated heterocycles. The highest BCUT2D eigenvalue weighted by molar-refractivity contribution is 6.46. The van der Waals surface area contributed by atoms with Crippen molar-refractivity contribution in [3.05, 3.63) is 93.6 Å². The second-order valence-electron chi connectivity index (χ2n) is 10.4. The molecule has 210 valence electrons. The van der Waals surface area contributed by atoms with Gasteiger partial charge in [0.1, 0.15) is 11.5 Å². The van der Waals surface area contributed by atoms with E-state index in [-0.39, 0.29) is 35.3 Å². The molecule has 1 atom stereocenters. The zero-order valence-corrected chi connectivity index (χ0v) is 23.9. The van der Waals surface area contributed by atoms with Crippen molar-refractivity contribution in [2.45, 2.75) is 60.0 Å². The van der Waals surface area contributed by atoms with Crippen LogP contribution in [0.15, 0.2) is 60.2 Å². The van der Waals surface area contributed by atoms with Crippen LogP contribution in [0, 0.1) is 13.8 Å². The quantitative estimate of drug-likeness (QED) is 0.180. The van der Waals surface area contributed by atoms with E-state index in [1.165, 1.54) is 11.0 Å². The number of aliphatic hydroxyl groups excluding tert-OH is 1. The number of ketones is 1. The van der Waals surface area contributed by atoms with Gasteiger partial charge in [-0.25, -0.2) is 0 Å². The first-order valence-electron chi connectivity index (χ1n) is 13.6. The Labute approximate surface area is 235 Å². The minimum Gasteiger partial charge on any atom is -0.507 e. The van der Waals surface area contributed by atoms with Gasteiger partial charge in [0, 0.05) is 12.1 Å². The molecule has 0 saturated carbocycles. The standard InChI is InChI=1S/C33H37NO6/c1-7-39-27-14-12-23(16-25(27)19(3)4)31(36)29-30(22-11-13-26(35)28(17-22)40-8-2)34(33(38)32(29)37)18-24-15-20(5)9-10-21(24)6/h9-17,19,30,35-36H,7-8,18H2,1-6H3/b31-29+. The monoisotopic (exact) mass is 543 g/mol. The van der Waals surface area contributed by atoms with Crippen molar-refractivity contribution in [1.29, 1.82) is 0 Å². The summed E-state index contributed by atoms with van der Waals surface area (Å²) in [4.78, 5) is 28.6. The average molecular weight is 544 g/mol. The van der Waals surface area contributed by atoms with Gasteiger partial charge in [0.25, 0.3) is 11.7 Å². The van der Waals surface area contributed by atoms with E-state index in [1.807, 2.05) is 58.9 Å². The van der Waals surface area contributed by atoms with E-state index in [9.17, 15) is 19.8 Å². The lowest BCUT2D eigenvalue weighted by atomic mass is 9.92. The Morgan fingerprint density at radius 2 is 1.62 bits per heavy atom. The molecule has 1 fully saturated rings. The molecule has 3 aromatic rings. The van der Waals surface area contributed by atoms with Crippen LogP contribution < -0.4 is 9.47 Å². The Kier molecular flexibility index (Phi) is 8.52. The summed E-state index contributed by atoms with van der Waals surface area (Å²) in [7, 11) is 0. The van der Waals surface area contributed by atoms with Gasteiger partial charge in [-0.2, -0.15) is 0 Å². The second kappa shape index (κ2) is 11.9. The first kappa shape index (κ1) is 28.7. The largest absolute Gasteiger partial charge is 0.507 e. The summed E-state index contributed by atoms with van der Waals surface area (Å²) >= 11 is 0. The summed E-state index contributed by atoms with van der Waals surface area (Å²) in [6, 6.07) is 15.1. The number of phenolic OH excluding ortho intramolecular Hbond substituents is 1. The van der Waals surface area contributed by atoms with Gasteiger partial charge in [-0.05, 0) is 86.2 Å². The van der Waals surface area contributed by atoms with Gasteiger partial charge < -0.3 is 24.6 Å². The summed E-state index contributed by atoms with van der Waals surface area (Å²) in [5.41, 5.74) is 4.76. The summed E-state index contributed by atoms with van der Waals surface area (Å²) in [6.07, 6.45) is 0. The normalized spacial score (nSPS) is 16.6. The highest BCUT2D eigenvalue weighted by Crippen LogP contribution is 2.43.